The maximum atomic E-state index is 12.1. The lowest BCUT2D eigenvalue weighted by Gasteiger charge is -2.46. The second-order valence-electron chi connectivity index (χ2n) is 8.54. The molecule has 6 unspecified atom stereocenters. The van der Waals surface area contributed by atoms with Gasteiger partial charge in [0.05, 0.1) is 17.1 Å². The van der Waals surface area contributed by atoms with Gasteiger partial charge in [0.1, 0.15) is 6.10 Å². The smallest absolute Gasteiger partial charge is 0.308 e. The molecule has 0 radical (unpaired) electrons. The van der Waals surface area contributed by atoms with E-state index < -0.39 is 11.2 Å². The highest BCUT2D eigenvalue weighted by Crippen LogP contribution is 2.59. The number of carbonyl (C=O) groups is 1. The second-order valence-corrected chi connectivity index (χ2v) is 8.54. The average Bonchev–Trinajstić information content (AvgIpc) is 2.93. The van der Waals surface area contributed by atoms with E-state index in [0.717, 1.165) is 19.3 Å². The van der Waals surface area contributed by atoms with Crippen molar-refractivity contribution >= 4 is 5.97 Å². The molecule has 2 fully saturated rings. The molecule has 2 saturated carbocycles. The van der Waals surface area contributed by atoms with E-state index >= 15 is 0 Å². The van der Waals surface area contributed by atoms with Crippen LogP contribution < -0.4 is 0 Å². The Kier molecular flexibility index (Phi) is 4.67. The normalized spacial score (nSPS) is 36.5. The minimum absolute atomic E-state index is 0.0408. The number of esters is 1. The molecule has 22 heavy (non-hydrogen) atoms. The van der Waals surface area contributed by atoms with Gasteiger partial charge in [-0.25, -0.2) is 0 Å². The van der Waals surface area contributed by atoms with Crippen LogP contribution in [0.25, 0.3) is 0 Å². The van der Waals surface area contributed by atoms with Gasteiger partial charge in [-0.2, -0.15) is 0 Å². The molecule has 0 aliphatic heterocycles. The van der Waals surface area contributed by atoms with Gasteiger partial charge in [0.2, 0.25) is 0 Å². The monoisotopic (exact) mass is 312 g/mol. The van der Waals surface area contributed by atoms with Crippen molar-refractivity contribution < 1.29 is 19.7 Å². The number of carbonyl (C=O) groups excluding carboxylic acids is 1. The van der Waals surface area contributed by atoms with E-state index in [1.807, 2.05) is 41.5 Å². The third-order valence-electron chi connectivity index (χ3n) is 5.86. The van der Waals surface area contributed by atoms with Gasteiger partial charge in [-0.15, -0.1) is 0 Å². The Morgan fingerprint density at radius 2 is 1.68 bits per heavy atom. The zero-order valence-electron chi connectivity index (χ0n) is 14.8. The SMILES string of the molecule is CCC(C)C(=O)OC1CC2CC1C(C(C)(C)O)C2C(C)(C)O. The van der Waals surface area contributed by atoms with Gasteiger partial charge >= 0.3 is 5.97 Å². The number of hydrogen-bond acceptors (Lipinski definition) is 4. The molecule has 0 aromatic carbocycles. The molecule has 4 nitrogen and oxygen atoms in total. The van der Waals surface area contributed by atoms with Crippen molar-refractivity contribution in [2.45, 2.75) is 78.1 Å². The Hall–Kier alpha value is -0.610. The Morgan fingerprint density at radius 3 is 2.14 bits per heavy atom. The fourth-order valence-electron chi connectivity index (χ4n) is 4.85. The fourth-order valence-corrected chi connectivity index (χ4v) is 4.85. The van der Waals surface area contributed by atoms with E-state index in [4.69, 9.17) is 4.74 Å². The van der Waals surface area contributed by atoms with Crippen LogP contribution in [0.2, 0.25) is 0 Å². The van der Waals surface area contributed by atoms with Crippen LogP contribution in [-0.2, 0) is 9.53 Å². The number of fused-ring (bicyclic) bond motifs is 2. The molecule has 0 saturated heterocycles. The van der Waals surface area contributed by atoms with Crippen LogP contribution in [0.4, 0.5) is 0 Å². The van der Waals surface area contributed by atoms with Crippen LogP contribution in [0.1, 0.15) is 60.8 Å². The molecule has 0 aromatic rings. The maximum absolute atomic E-state index is 12.1. The van der Waals surface area contributed by atoms with Crippen molar-refractivity contribution in [3.8, 4) is 0 Å². The summed E-state index contributed by atoms with van der Waals surface area (Å²) in [5.41, 5.74) is -1.71. The summed E-state index contributed by atoms with van der Waals surface area (Å²) in [7, 11) is 0. The zero-order chi connectivity index (χ0) is 16.9. The van der Waals surface area contributed by atoms with E-state index in [-0.39, 0.29) is 35.7 Å². The summed E-state index contributed by atoms with van der Waals surface area (Å²) in [6, 6.07) is 0. The molecule has 2 bridgehead atoms. The first-order valence-electron chi connectivity index (χ1n) is 8.62. The Bertz CT molecular complexity index is 418. The van der Waals surface area contributed by atoms with Crippen LogP contribution in [0.15, 0.2) is 0 Å². The molecule has 2 aliphatic rings. The lowest BCUT2D eigenvalue weighted by atomic mass is 9.65. The Balaban J connectivity index is 2.18. The van der Waals surface area contributed by atoms with Gasteiger partial charge in [0, 0.05) is 5.92 Å². The molecule has 0 amide bonds. The highest BCUT2D eigenvalue weighted by Gasteiger charge is 2.61. The van der Waals surface area contributed by atoms with Crippen LogP contribution in [0, 0.1) is 29.6 Å². The van der Waals surface area contributed by atoms with Crippen molar-refractivity contribution in [1.29, 1.82) is 0 Å². The van der Waals surface area contributed by atoms with Gasteiger partial charge < -0.3 is 14.9 Å². The minimum atomic E-state index is -0.883. The van der Waals surface area contributed by atoms with E-state index in [1.165, 1.54) is 0 Å². The quantitative estimate of drug-likeness (QED) is 0.766. The fraction of sp³-hybridized carbons (Fsp3) is 0.944. The number of ether oxygens (including phenoxy) is 1. The van der Waals surface area contributed by atoms with Crippen LogP contribution in [-0.4, -0.2) is 33.5 Å². The lowest BCUT2D eigenvalue weighted by Crippen LogP contribution is -2.52. The number of aliphatic hydroxyl groups is 2. The molecule has 4 heteroatoms. The minimum Gasteiger partial charge on any atom is -0.462 e. The average molecular weight is 312 g/mol. The molecular formula is C18H32O4. The van der Waals surface area contributed by atoms with Gasteiger partial charge in [0.15, 0.2) is 0 Å². The maximum Gasteiger partial charge on any atom is 0.308 e. The lowest BCUT2D eigenvalue weighted by molar-refractivity contribution is -0.167. The van der Waals surface area contributed by atoms with E-state index in [2.05, 4.69) is 0 Å². The van der Waals surface area contributed by atoms with Crippen molar-refractivity contribution in [2.24, 2.45) is 29.6 Å². The van der Waals surface area contributed by atoms with E-state index in [9.17, 15) is 15.0 Å². The second kappa shape index (κ2) is 5.79. The molecule has 0 spiro atoms. The zero-order valence-corrected chi connectivity index (χ0v) is 14.8. The van der Waals surface area contributed by atoms with Crippen LogP contribution in [0.5, 0.6) is 0 Å². The summed E-state index contributed by atoms with van der Waals surface area (Å²) in [5.74, 6) is 0.266. The topological polar surface area (TPSA) is 66.8 Å². The predicted octanol–water partition coefficient (Wildman–Crippen LogP) is 2.76. The molecule has 2 aliphatic carbocycles. The summed E-state index contributed by atoms with van der Waals surface area (Å²) < 4.78 is 5.75. The summed E-state index contributed by atoms with van der Waals surface area (Å²) in [4.78, 5) is 12.1. The molecular weight excluding hydrogens is 280 g/mol. The van der Waals surface area contributed by atoms with Gasteiger partial charge in [0.25, 0.3) is 0 Å². The first-order valence-corrected chi connectivity index (χ1v) is 8.62. The molecule has 6 atom stereocenters. The Labute approximate surface area is 134 Å². The van der Waals surface area contributed by atoms with Crippen molar-refractivity contribution in [2.75, 3.05) is 0 Å². The van der Waals surface area contributed by atoms with E-state index in [0.29, 0.717) is 5.92 Å². The third kappa shape index (κ3) is 3.18. The van der Waals surface area contributed by atoms with Crippen molar-refractivity contribution in [3.63, 3.8) is 0 Å². The molecule has 128 valence electrons. The summed E-state index contributed by atoms with van der Waals surface area (Å²) >= 11 is 0. The van der Waals surface area contributed by atoms with Crippen LogP contribution >= 0.6 is 0 Å². The standard InChI is InChI=1S/C18H32O4/c1-7-10(2)16(19)22-13-9-11-8-12(13)15(18(5,6)21)14(11)17(3,4)20/h10-15,20-21H,7-9H2,1-6H3. The molecule has 2 N–H and O–H groups in total. The molecule has 0 aromatic heterocycles. The third-order valence-corrected chi connectivity index (χ3v) is 5.86. The van der Waals surface area contributed by atoms with Crippen LogP contribution in [0.3, 0.4) is 0 Å². The van der Waals surface area contributed by atoms with Gasteiger partial charge in [-0.1, -0.05) is 13.8 Å². The predicted molar refractivity (Wildman–Crippen MR) is 85.1 cm³/mol. The molecule has 0 heterocycles. The number of hydrogen-bond donors (Lipinski definition) is 2. The largest absolute Gasteiger partial charge is 0.462 e. The highest BCUT2D eigenvalue weighted by molar-refractivity contribution is 5.72. The first-order chi connectivity index (χ1) is 9.96. The Morgan fingerprint density at radius 1 is 1.14 bits per heavy atom. The first kappa shape index (κ1) is 17.7. The van der Waals surface area contributed by atoms with Gasteiger partial charge in [-0.3, -0.25) is 4.79 Å². The van der Waals surface area contributed by atoms with Crippen molar-refractivity contribution in [3.05, 3.63) is 0 Å². The summed E-state index contributed by atoms with van der Waals surface area (Å²) in [6.45, 7) is 11.2. The molecule has 2 rings (SSSR count). The highest BCUT2D eigenvalue weighted by atomic mass is 16.5. The summed E-state index contributed by atoms with van der Waals surface area (Å²) in [5, 5.41) is 21.2. The van der Waals surface area contributed by atoms with Gasteiger partial charge in [-0.05, 0) is 64.7 Å². The summed E-state index contributed by atoms with van der Waals surface area (Å²) in [6.07, 6.45) is 2.41. The van der Waals surface area contributed by atoms with E-state index in [1.54, 1.807) is 0 Å². The number of rotatable bonds is 5. The van der Waals surface area contributed by atoms with Crippen molar-refractivity contribution in [1.82, 2.24) is 0 Å².